The fourth-order valence-electron chi connectivity index (χ4n) is 1.82. The molecule has 21 heavy (non-hydrogen) atoms. The van der Waals surface area contributed by atoms with Crippen molar-refractivity contribution in [3.8, 4) is 5.75 Å². The molecule has 0 aliphatic rings. The molecular formula is C16H15NO3S. The number of fused-ring (bicyclic) bond motifs is 1. The SMILES string of the molecule is CO.O=Cc1cc(OCc2ccc3ccccc3n2)cs1. The van der Waals surface area contributed by atoms with Gasteiger partial charge in [0.2, 0.25) is 0 Å². The van der Waals surface area contributed by atoms with Crippen LogP contribution in [0.25, 0.3) is 10.9 Å². The van der Waals surface area contributed by atoms with Crippen LogP contribution in [-0.2, 0) is 6.61 Å². The molecule has 2 aromatic heterocycles. The lowest BCUT2D eigenvalue weighted by Gasteiger charge is -2.04. The maximum Gasteiger partial charge on any atom is 0.160 e. The third-order valence-electron chi connectivity index (χ3n) is 2.75. The van der Waals surface area contributed by atoms with Crippen LogP contribution in [0.2, 0.25) is 0 Å². The third-order valence-corrected chi connectivity index (χ3v) is 3.59. The van der Waals surface area contributed by atoms with Crippen LogP contribution < -0.4 is 4.74 Å². The van der Waals surface area contributed by atoms with E-state index in [9.17, 15) is 4.79 Å². The zero-order valence-electron chi connectivity index (χ0n) is 11.5. The molecule has 0 saturated heterocycles. The first kappa shape index (κ1) is 15.2. The molecule has 0 radical (unpaired) electrons. The number of pyridine rings is 1. The van der Waals surface area contributed by atoms with Crippen molar-refractivity contribution < 1.29 is 14.6 Å². The highest BCUT2D eigenvalue weighted by molar-refractivity contribution is 7.11. The molecule has 0 saturated carbocycles. The maximum absolute atomic E-state index is 10.6. The van der Waals surface area contributed by atoms with E-state index in [0.29, 0.717) is 17.2 Å². The molecule has 0 spiro atoms. The Kier molecular flexibility index (Phi) is 5.43. The van der Waals surface area contributed by atoms with Crippen molar-refractivity contribution in [2.75, 3.05) is 7.11 Å². The van der Waals surface area contributed by atoms with Crippen molar-refractivity contribution in [1.29, 1.82) is 0 Å². The second kappa shape index (κ2) is 7.52. The van der Waals surface area contributed by atoms with Gasteiger partial charge >= 0.3 is 0 Å². The molecule has 1 aromatic carbocycles. The van der Waals surface area contributed by atoms with Gasteiger partial charge in [0.05, 0.1) is 16.1 Å². The van der Waals surface area contributed by atoms with Crippen LogP contribution in [0, 0.1) is 0 Å². The maximum atomic E-state index is 10.6. The van der Waals surface area contributed by atoms with Crippen LogP contribution in [0.1, 0.15) is 15.4 Å². The first-order chi connectivity index (χ1) is 10.3. The number of benzene rings is 1. The summed E-state index contributed by atoms with van der Waals surface area (Å²) in [6, 6.07) is 13.7. The number of aliphatic hydroxyl groups is 1. The number of hydrogen-bond acceptors (Lipinski definition) is 5. The number of aldehydes is 1. The number of para-hydroxylation sites is 1. The highest BCUT2D eigenvalue weighted by atomic mass is 32.1. The van der Waals surface area contributed by atoms with E-state index in [2.05, 4.69) is 4.98 Å². The monoisotopic (exact) mass is 301 g/mol. The summed E-state index contributed by atoms with van der Waals surface area (Å²) in [6.07, 6.45) is 0.825. The molecule has 0 aliphatic heterocycles. The van der Waals surface area contributed by atoms with Gasteiger partial charge in [0.25, 0.3) is 0 Å². The van der Waals surface area contributed by atoms with Crippen LogP contribution in [0.5, 0.6) is 5.75 Å². The van der Waals surface area contributed by atoms with E-state index in [1.807, 2.05) is 41.8 Å². The van der Waals surface area contributed by atoms with Crippen LogP contribution in [0.4, 0.5) is 0 Å². The molecule has 0 fully saturated rings. The summed E-state index contributed by atoms with van der Waals surface area (Å²) < 4.78 is 5.61. The Morgan fingerprint density at radius 2 is 2.05 bits per heavy atom. The van der Waals surface area contributed by atoms with E-state index in [-0.39, 0.29) is 0 Å². The van der Waals surface area contributed by atoms with Crippen LogP contribution in [0.15, 0.2) is 47.8 Å². The zero-order valence-corrected chi connectivity index (χ0v) is 12.3. The number of aromatic nitrogens is 1. The summed E-state index contributed by atoms with van der Waals surface area (Å²) in [5.74, 6) is 0.710. The molecule has 0 aliphatic carbocycles. The van der Waals surface area contributed by atoms with Gasteiger partial charge in [0.15, 0.2) is 6.29 Å². The third kappa shape index (κ3) is 3.87. The first-order valence-electron chi connectivity index (χ1n) is 6.31. The van der Waals surface area contributed by atoms with Gasteiger partial charge in [-0.15, -0.1) is 11.3 Å². The fourth-order valence-corrected chi connectivity index (χ4v) is 2.45. The van der Waals surface area contributed by atoms with Gasteiger partial charge in [-0.2, -0.15) is 0 Å². The van der Waals surface area contributed by atoms with Gasteiger partial charge in [-0.05, 0) is 12.1 Å². The minimum absolute atomic E-state index is 0.403. The molecular weight excluding hydrogens is 286 g/mol. The Hall–Kier alpha value is -2.24. The highest BCUT2D eigenvalue weighted by Gasteiger charge is 2.02. The number of rotatable bonds is 4. The van der Waals surface area contributed by atoms with Gasteiger partial charge in [0.1, 0.15) is 12.4 Å². The van der Waals surface area contributed by atoms with Gasteiger partial charge in [-0.25, -0.2) is 4.98 Å². The van der Waals surface area contributed by atoms with Crippen molar-refractivity contribution in [2.24, 2.45) is 0 Å². The van der Waals surface area contributed by atoms with Crippen LogP contribution in [0.3, 0.4) is 0 Å². The van der Waals surface area contributed by atoms with Crippen molar-refractivity contribution in [3.05, 3.63) is 58.4 Å². The average molecular weight is 301 g/mol. The Morgan fingerprint density at radius 3 is 2.81 bits per heavy atom. The summed E-state index contributed by atoms with van der Waals surface area (Å²) in [7, 11) is 1.00. The number of hydrogen-bond donors (Lipinski definition) is 1. The molecule has 5 heteroatoms. The van der Waals surface area contributed by atoms with Crippen LogP contribution in [-0.4, -0.2) is 23.5 Å². The van der Waals surface area contributed by atoms with E-state index < -0.39 is 0 Å². The molecule has 1 N–H and O–H groups in total. The fraction of sp³-hybridized carbons (Fsp3) is 0.125. The lowest BCUT2D eigenvalue weighted by Crippen LogP contribution is -1.97. The molecule has 0 unspecified atom stereocenters. The normalized spacial score (nSPS) is 9.81. The first-order valence-corrected chi connectivity index (χ1v) is 7.19. The minimum Gasteiger partial charge on any atom is -0.486 e. The molecule has 4 nitrogen and oxygen atoms in total. The van der Waals surface area contributed by atoms with Crippen molar-refractivity contribution in [1.82, 2.24) is 4.98 Å². The topological polar surface area (TPSA) is 59.4 Å². The second-order valence-corrected chi connectivity index (χ2v) is 5.03. The van der Waals surface area contributed by atoms with Gasteiger partial charge in [-0.3, -0.25) is 4.79 Å². The summed E-state index contributed by atoms with van der Waals surface area (Å²) in [4.78, 5) is 15.8. The van der Waals surface area contributed by atoms with Gasteiger partial charge < -0.3 is 9.84 Å². The minimum atomic E-state index is 0.403. The Morgan fingerprint density at radius 1 is 1.24 bits per heavy atom. The van der Waals surface area contributed by atoms with Crippen molar-refractivity contribution in [3.63, 3.8) is 0 Å². The number of aliphatic hydroxyl groups excluding tert-OH is 1. The lowest BCUT2D eigenvalue weighted by atomic mass is 10.2. The summed E-state index contributed by atoms with van der Waals surface area (Å²) >= 11 is 1.37. The van der Waals surface area contributed by atoms with Gasteiger partial charge in [-0.1, -0.05) is 24.3 Å². The molecule has 0 bridgehead atoms. The van der Waals surface area contributed by atoms with E-state index >= 15 is 0 Å². The zero-order chi connectivity index (χ0) is 15.1. The highest BCUT2D eigenvalue weighted by Crippen LogP contribution is 2.21. The Bertz CT molecular complexity index is 724. The molecule has 3 aromatic rings. The molecule has 0 amide bonds. The number of carbonyl (C=O) groups is 1. The smallest absolute Gasteiger partial charge is 0.160 e. The number of nitrogens with zero attached hydrogens (tertiary/aromatic N) is 1. The standard InChI is InChI=1S/C15H11NO2S.CH4O/c17-8-14-7-13(10-19-14)18-9-12-6-5-11-3-1-2-4-15(11)16-12;1-2/h1-8,10H,9H2;2H,1H3. The predicted molar refractivity (Wildman–Crippen MR) is 83.9 cm³/mol. The van der Waals surface area contributed by atoms with E-state index in [1.54, 1.807) is 6.07 Å². The second-order valence-electron chi connectivity index (χ2n) is 4.09. The van der Waals surface area contributed by atoms with E-state index in [0.717, 1.165) is 30.0 Å². The molecule has 3 rings (SSSR count). The molecule has 0 atom stereocenters. The summed E-state index contributed by atoms with van der Waals surface area (Å²) in [6.45, 7) is 0.403. The van der Waals surface area contributed by atoms with E-state index in [1.165, 1.54) is 11.3 Å². The Labute approximate surface area is 126 Å². The number of carbonyl (C=O) groups excluding carboxylic acids is 1. The van der Waals surface area contributed by atoms with Crippen LogP contribution >= 0.6 is 11.3 Å². The van der Waals surface area contributed by atoms with E-state index in [4.69, 9.17) is 9.84 Å². The molecule has 108 valence electrons. The largest absolute Gasteiger partial charge is 0.486 e. The average Bonchev–Trinajstić information content (AvgIpc) is 3.03. The van der Waals surface area contributed by atoms with Gasteiger partial charge in [0, 0.05) is 23.9 Å². The summed E-state index contributed by atoms with van der Waals surface area (Å²) in [5, 5.41) is 9.94. The molecule has 2 heterocycles. The van der Waals surface area contributed by atoms with Crippen molar-refractivity contribution in [2.45, 2.75) is 6.61 Å². The lowest BCUT2D eigenvalue weighted by molar-refractivity contribution is 0.112. The quantitative estimate of drug-likeness (QED) is 0.751. The Balaban J connectivity index is 0.000000774. The summed E-state index contributed by atoms with van der Waals surface area (Å²) in [5.41, 5.74) is 1.83. The number of ether oxygens (including phenoxy) is 1. The number of thiophene rings is 1. The van der Waals surface area contributed by atoms with Crippen molar-refractivity contribution >= 4 is 28.5 Å². The predicted octanol–water partition coefficient (Wildman–Crippen LogP) is 3.30.